The third kappa shape index (κ3) is 5.41. The maximum Gasteiger partial charge on any atom is 0.407 e. The predicted octanol–water partition coefficient (Wildman–Crippen LogP) is 4.45. The molecule has 0 radical (unpaired) electrons. The number of alkyl carbamates (subject to hydrolysis) is 1. The van der Waals surface area contributed by atoms with Gasteiger partial charge < -0.3 is 20.5 Å². The number of nitrogens with one attached hydrogen (secondary N) is 2. The van der Waals surface area contributed by atoms with Gasteiger partial charge in [0, 0.05) is 24.4 Å². The van der Waals surface area contributed by atoms with Crippen molar-refractivity contribution in [3.63, 3.8) is 0 Å². The molecule has 2 aromatic carbocycles. The van der Waals surface area contributed by atoms with Gasteiger partial charge in [-0.05, 0) is 54.9 Å². The minimum atomic E-state index is -0.832. The van der Waals surface area contributed by atoms with Crippen LogP contribution >= 0.6 is 0 Å². The first-order valence-corrected chi connectivity index (χ1v) is 12.1. The van der Waals surface area contributed by atoms with Gasteiger partial charge in [0.2, 0.25) is 5.91 Å². The molecule has 2 aliphatic rings. The van der Waals surface area contributed by atoms with Crippen molar-refractivity contribution in [3.05, 3.63) is 59.7 Å². The van der Waals surface area contributed by atoms with Gasteiger partial charge >= 0.3 is 12.1 Å². The number of hydrogen-bond donors (Lipinski definition) is 3. The van der Waals surface area contributed by atoms with Gasteiger partial charge in [0.15, 0.2) is 0 Å². The highest BCUT2D eigenvalue weighted by atomic mass is 16.5. The van der Waals surface area contributed by atoms with E-state index >= 15 is 0 Å². The Morgan fingerprint density at radius 1 is 1.03 bits per heavy atom. The van der Waals surface area contributed by atoms with Crippen LogP contribution in [0.15, 0.2) is 48.5 Å². The second kappa shape index (κ2) is 10.7. The number of aliphatic carboxylic acids is 1. The van der Waals surface area contributed by atoms with Crippen molar-refractivity contribution in [1.29, 1.82) is 0 Å². The lowest BCUT2D eigenvalue weighted by atomic mass is 9.98. The van der Waals surface area contributed by atoms with E-state index < -0.39 is 12.1 Å². The molecule has 3 atom stereocenters. The Morgan fingerprint density at radius 2 is 1.68 bits per heavy atom. The van der Waals surface area contributed by atoms with Crippen molar-refractivity contribution in [2.45, 2.75) is 63.5 Å². The molecule has 1 unspecified atom stereocenters. The summed E-state index contributed by atoms with van der Waals surface area (Å²) in [4.78, 5) is 36.1. The molecule has 1 fully saturated rings. The second-order valence-corrected chi connectivity index (χ2v) is 9.31. The van der Waals surface area contributed by atoms with Crippen LogP contribution in [0.25, 0.3) is 11.1 Å². The summed E-state index contributed by atoms with van der Waals surface area (Å²) in [7, 11) is 0. The van der Waals surface area contributed by atoms with E-state index in [1.165, 1.54) is 11.1 Å². The van der Waals surface area contributed by atoms with Crippen LogP contribution in [0.3, 0.4) is 0 Å². The molecule has 2 aliphatic carbocycles. The molecule has 0 aliphatic heterocycles. The number of hydrogen-bond acceptors (Lipinski definition) is 4. The van der Waals surface area contributed by atoms with E-state index in [1.54, 1.807) is 0 Å². The van der Waals surface area contributed by atoms with Crippen molar-refractivity contribution >= 4 is 18.0 Å². The largest absolute Gasteiger partial charge is 0.481 e. The highest BCUT2D eigenvalue weighted by molar-refractivity contribution is 5.81. The third-order valence-electron chi connectivity index (χ3n) is 6.92. The van der Waals surface area contributed by atoms with Crippen molar-refractivity contribution in [2.75, 3.05) is 6.61 Å². The van der Waals surface area contributed by atoms with Gasteiger partial charge in [-0.1, -0.05) is 55.0 Å². The van der Waals surface area contributed by atoms with E-state index in [9.17, 15) is 14.4 Å². The van der Waals surface area contributed by atoms with Crippen LogP contribution in [0, 0.1) is 5.92 Å². The summed E-state index contributed by atoms with van der Waals surface area (Å²) in [5.74, 6) is -1.24. The number of ether oxygens (including phenoxy) is 1. The standard InChI is InChI=1S/C27H32N2O5/c1-17(8-6-15-25(30)31)28-26(32)22-13-7-14-24(22)29-27(33)34-16-23-20-11-4-2-9-18(20)19-10-3-5-12-21(19)23/h2-5,9-12,17,22-24H,6-8,13-16H2,1H3,(H,28,32)(H,29,33)(H,30,31)/t17?,22-,24+/m0/s1. The van der Waals surface area contributed by atoms with Crippen molar-refractivity contribution in [1.82, 2.24) is 10.6 Å². The van der Waals surface area contributed by atoms with Crippen LogP contribution in [0.4, 0.5) is 4.79 Å². The van der Waals surface area contributed by atoms with Gasteiger partial charge in [0.05, 0.1) is 5.92 Å². The highest BCUT2D eigenvalue weighted by Gasteiger charge is 2.35. The lowest BCUT2D eigenvalue weighted by Crippen LogP contribution is -2.46. The van der Waals surface area contributed by atoms with E-state index in [0.29, 0.717) is 19.3 Å². The van der Waals surface area contributed by atoms with E-state index in [1.807, 2.05) is 31.2 Å². The van der Waals surface area contributed by atoms with E-state index in [0.717, 1.165) is 24.0 Å². The Kier molecular flexibility index (Phi) is 7.50. The fraction of sp³-hybridized carbons (Fsp3) is 0.444. The topological polar surface area (TPSA) is 105 Å². The van der Waals surface area contributed by atoms with Crippen molar-refractivity contribution in [2.24, 2.45) is 5.92 Å². The van der Waals surface area contributed by atoms with Crippen LogP contribution in [-0.4, -0.2) is 41.8 Å². The molecule has 0 spiro atoms. The van der Waals surface area contributed by atoms with Crippen LogP contribution in [-0.2, 0) is 14.3 Å². The smallest absolute Gasteiger partial charge is 0.407 e. The molecular weight excluding hydrogens is 432 g/mol. The summed E-state index contributed by atoms with van der Waals surface area (Å²) in [6.45, 7) is 2.12. The van der Waals surface area contributed by atoms with Gasteiger partial charge in [-0.15, -0.1) is 0 Å². The molecular formula is C27H32N2O5. The van der Waals surface area contributed by atoms with Crippen LogP contribution in [0.5, 0.6) is 0 Å². The van der Waals surface area contributed by atoms with E-state index in [4.69, 9.17) is 9.84 Å². The first kappa shape index (κ1) is 23.8. The first-order chi connectivity index (χ1) is 16.4. The molecule has 7 heteroatoms. The first-order valence-electron chi connectivity index (χ1n) is 12.1. The van der Waals surface area contributed by atoms with Gasteiger partial charge in [-0.3, -0.25) is 9.59 Å². The number of carboxylic acid groups (broad SMARTS) is 1. The molecule has 0 bridgehead atoms. The molecule has 0 heterocycles. The highest BCUT2D eigenvalue weighted by Crippen LogP contribution is 2.44. The number of carbonyl (C=O) groups excluding carboxylic acids is 2. The second-order valence-electron chi connectivity index (χ2n) is 9.31. The zero-order chi connectivity index (χ0) is 24.1. The molecule has 2 aromatic rings. The molecule has 180 valence electrons. The monoisotopic (exact) mass is 464 g/mol. The zero-order valence-corrected chi connectivity index (χ0v) is 19.5. The number of carbonyl (C=O) groups is 3. The fourth-order valence-electron chi connectivity index (χ4n) is 5.22. The summed E-state index contributed by atoms with van der Waals surface area (Å²) in [6, 6.07) is 16.0. The Morgan fingerprint density at radius 3 is 2.32 bits per heavy atom. The van der Waals surface area contributed by atoms with E-state index in [2.05, 4.69) is 34.9 Å². The number of benzene rings is 2. The summed E-state index contributed by atoms with van der Waals surface area (Å²) in [5.41, 5.74) is 4.67. The zero-order valence-electron chi connectivity index (χ0n) is 19.5. The number of fused-ring (bicyclic) bond motifs is 3. The lowest BCUT2D eigenvalue weighted by Gasteiger charge is -2.23. The number of carboxylic acids is 1. The normalized spacial score (nSPS) is 19.7. The molecule has 3 N–H and O–H groups in total. The molecule has 1 saturated carbocycles. The molecule has 0 aromatic heterocycles. The molecule has 4 rings (SSSR count). The molecule has 34 heavy (non-hydrogen) atoms. The Hall–Kier alpha value is -3.35. The minimum absolute atomic E-state index is 0.00697. The average Bonchev–Trinajstić information content (AvgIpc) is 3.40. The fourth-order valence-corrected chi connectivity index (χ4v) is 5.22. The number of amides is 2. The summed E-state index contributed by atoms with van der Waals surface area (Å²) >= 11 is 0. The van der Waals surface area contributed by atoms with Gasteiger partial charge in [-0.2, -0.15) is 0 Å². The van der Waals surface area contributed by atoms with Crippen molar-refractivity contribution in [3.8, 4) is 11.1 Å². The Balaban J connectivity index is 1.30. The van der Waals surface area contributed by atoms with Gasteiger partial charge in [-0.25, -0.2) is 4.79 Å². The van der Waals surface area contributed by atoms with Gasteiger partial charge in [0.25, 0.3) is 0 Å². The Bertz CT molecular complexity index is 1010. The molecule has 0 saturated heterocycles. The summed E-state index contributed by atoms with van der Waals surface area (Å²) < 4.78 is 5.65. The van der Waals surface area contributed by atoms with Crippen LogP contribution < -0.4 is 10.6 Å². The lowest BCUT2D eigenvalue weighted by molar-refractivity contribution is -0.137. The summed E-state index contributed by atoms with van der Waals surface area (Å²) in [5, 5.41) is 14.7. The Labute approximate surface area is 199 Å². The SMILES string of the molecule is CC(CCCC(=O)O)NC(=O)[C@H]1CCC[C@H]1NC(=O)OCC1c2ccccc2-c2ccccc21. The van der Waals surface area contributed by atoms with Gasteiger partial charge in [0.1, 0.15) is 6.61 Å². The average molecular weight is 465 g/mol. The van der Waals surface area contributed by atoms with Crippen LogP contribution in [0.2, 0.25) is 0 Å². The predicted molar refractivity (Wildman–Crippen MR) is 128 cm³/mol. The maximum atomic E-state index is 12.8. The minimum Gasteiger partial charge on any atom is -0.481 e. The molecule has 7 nitrogen and oxygen atoms in total. The quantitative estimate of drug-likeness (QED) is 0.508. The summed E-state index contributed by atoms with van der Waals surface area (Å²) in [6.07, 6.45) is 3.02. The maximum absolute atomic E-state index is 12.8. The van der Waals surface area contributed by atoms with Crippen LogP contribution in [0.1, 0.15) is 62.5 Å². The third-order valence-corrected chi connectivity index (χ3v) is 6.92. The molecule has 2 amide bonds. The van der Waals surface area contributed by atoms with Crippen molar-refractivity contribution < 1.29 is 24.2 Å². The number of rotatable bonds is 9. The van der Waals surface area contributed by atoms with E-state index in [-0.39, 0.29) is 42.9 Å².